The highest BCUT2D eigenvalue weighted by atomic mass is 35.5. The fraction of sp³-hybridized carbons (Fsp3) is 0.200. The molecule has 18 heavy (non-hydrogen) atoms. The van der Waals surface area contributed by atoms with Gasteiger partial charge in [-0.15, -0.1) is 11.6 Å². The summed E-state index contributed by atoms with van der Waals surface area (Å²) >= 11 is 5.76. The van der Waals surface area contributed by atoms with Crippen LogP contribution in [0.5, 0.6) is 0 Å². The van der Waals surface area contributed by atoms with Crippen LogP contribution in [-0.2, 0) is 0 Å². The summed E-state index contributed by atoms with van der Waals surface area (Å²) in [6, 6.07) is 21.5. The van der Waals surface area contributed by atoms with Gasteiger partial charge in [0.1, 0.15) is 0 Å². The maximum absolute atomic E-state index is 5.76. The van der Waals surface area contributed by atoms with Gasteiger partial charge in [-0.3, -0.25) is 0 Å². The van der Waals surface area contributed by atoms with Crippen LogP contribution in [0.15, 0.2) is 60.7 Å². The molecule has 0 aromatic heterocycles. The number of rotatable bonds is 6. The summed E-state index contributed by atoms with van der Waals surface area (Å²) < 4.78 is 0. The largest absolute Gasteiger partial charge is 0.158 e. The summed E-state index contributed by atoms with van der Waals surface area (Å²) in [5, 5.41) is 2.82. The molecule has 0 N–H and O–H groups in total. The van der Waals surface area contributed by atoms with Gasteiger partial charge >= 0.3 is 0 Å². The molecule has 2 aromatic carbocycles. The van der Waals surface area contributed by atoms with Crippen LogP contribution in [0, 0.1) is 0 Å². The third-order valence-corrected chi connectivity index (χ3v) is 5.32. The van der Waals surface area contributed by atoms with E-state index in [-0.39, 0.29) is 7.80 Å². The molecule has 0 fully saturated rings. The number of hydrogen-bond donors (Lipinski definition) is 0. The van der Waals surface area contributed by atoms with Gasteiger partial charge in [0.25, 0.3) is 0 Å². The number of hydrogen-bond acceptors (Lipinski definition) is 0. The van der Waals surface area contributed by atoms with Crippen molar-refractivity contribution in [3.63, 3.8) is 0 Å². The zero-order chi connectivity index (χ0) is 12.6. The molecular weight excluding hydrogens is 257 g/mol. The van der Waals surface area contributed by atoms with E-state index >= 15 is 0 Å². The molecule has 0 heterocycles. The van der Waals surface area contributed by atoms with Gasteiger partial charge in [-0.25, -0.2) is 0 Å². The summed E-state index contributed by atoms with van der Waals surface area (Å²) in [4.78, 5) is 0. The predicted octanol–water partition coefficient (Wildman–Crippen LogP) is 3.79. The number of halogens is 1. The predicted molar refractivity (Wildman–Crippen MR) is 85.0 cm³/mol. The second-order valence-electron chi connectivity index (χ2n) is 4.05. The minimum atomic E-state index is -0.346. The molecule has 0 aliphatic heterocycles. The Kier molecular flexibility index (Phi) is 5.77. The monoisotopic (exact) mass is 273 g/mol. The Hall–Kier alpha value is -0.775. The van der Waals surface area contributed by atoms with Crippen molar-refractivity contribution in [3.05, 3.63) is 60.7 Å². The quantitative estimate of drug-likeness (QED) is 0.325. The van der Waals surface area contributed by atoms with E-state index in [2.05, 4.69) is 67.7 Å². The molecule has 0 saturated heterocycles. The molecule has 0 bridgehead atoms. The SMILES string of the molecule is ClCCC[B]P(c1ccccc1)c1ccccc1. The molecule has 0 aliphatic carbocycles. The van der Waals surface area contributed by atoms with Crippen molar-refractivity contribution in [1.29, 1.82) is 0 Å². The third-order valence-electron chi connectivity index (χ3n) is 2.72. The van der Waals surface area contributed by atoms with E-state index in [4.69, 9.17) is 11.6 Å². The van der Waals surface area contributed by atoms with Gasteiger partial charge in [0.15, 0.2) is 7.00 Å². The summed E-state index contributed by atoms with van der Waals surface area (Å²) in [6.45, 7) is 2.43. The van der Waals surface area contributed by atoms with E-state index in [1.165, 1.54) is 10.6 Å². The normalized spacial score (nSPS) is 10.6. The van der Waals surface area contributed by atoms with Crippen molar-refractivity contribution >= 4 is 37.0 Å². The van der Waals surface area contributed by atoms with E-state index < -0.39 is 0 Å². The lowest BCUT2D eigenvalue weighted by Gasteiger charge is -2.17. The Bertz CT molecular complexity index is 407. The molecule has 0 nitrogen and oxygen atoms in total. The molecule has 0 saturated carbocycles. The summed E-state index contributed by atoms with van der Waals surface area (Å²) in [6.07, 6.45) is 2.14. The van der Waals surface area contributed by atoms with Crippen LogP contribution >= 0.6 is 19.4 Å². The molecule has 1 radical (unpaired) electrons. The summed E-state index contributed by atoms with van der Waals surface area (Å²) in [5.74, 6) is 0.739. The lowest BCUT2D eigenvalue weighted by molar-refractivity contribution is 1.09. The van der Waals surface area contributed by atoms with Crippen LogP contribution in [-0.4, -0.2) is 12.9 Å². The number of alkyl halides is 1. The molecule has 91 valence electrons. The zero-order valence-electron chi connectivity index (χ0n) is 10.3. The first kappa shape index (κ1) is 13.7. The Morgan fingerprint density at radius 3 is 1.78 bits per heavy atom. The van der Waals surface area contributed by atoms with Gasteiger partial charge in [0, 0.05) is 5.88 Å². The second kappa shape index (κ2) is 7.61. The van der Waals surface area contributed by atoms with Gasteiger partial charge in [-0.1, -0.05) is 74.8 Å². The molecule has 0 unspecified atom stereocenters. The smallest absolute Gasteiger partial charge is 0.127 e. The third kappa shape index (κ3) is 3.87. The highest BCUT2D eigenvalue weighted by molar-refractivity contribution is 7.97. The highest BCUT2D eigenvalue weighted by Crippen LogP contribution is 2.32. The first-order valence-electron chi connectivity index (χ1n) is 6.20. The van der Waals surface area contributed by atoms with Crippen LogP contribution in [0.1, 0.15) is 6.42 Å². The fourth-order valence-corrected chi connectivity index (χ4v) is 4.14. The van der Waals surface area contributed by atoms with Crippen molar-refractivity contribution in [1.82, 2.24) is 0 Å². The first-order valence-corrected chi connectivity index (χ1v) is 8.15. The lowest BCUT2D eigenvalue weighted by atomic mass is 10.0. The molecular formula is C15H16BClP. The summed E-state index contributed by atoms with van der Waals surface area (Å²) in [7, 11) is -0.346. The highest BCUT2D eigenvalue weighted by Gasteiger charge is 2.13. The Labute approximate surface area is 116 Å². The maximum atomic E-state index is 5.76. The molecule has 0 atom stereocenters. The molecule has 0 aliphatic rings. The van der Waals surface area contributed by atoms with Crippen molar-refractivity contribution in [2.75, 3.05) is 5.88 Å². The van der Waals surface area contributed by atoms with Crippen molar-refractivity contribution in [2.24, 2.45) is 0 Å². The number of benzene rings is 2. The van der Waals surface area contributed by atoms with Gasteiger partial charge in [-0.05, 0) is 17.0 Å². The van der Waals surface area contributed by atoms with E-state index in [1.54, 1.807) is 0 Å². The zero-order valence-corrected chi connectivity index (χ0v) is 11.9. The Morgan fingerprint density at radius 2 is 1.33 bits per heavy atom. The molecule has 2 aromatic rings. The maximum Gasteiger partial charge on any atom is 0.158 e. The minimum Gasteiger partial charge on any atom is -0.127 e. The molecule has 0 amide bonds. The second-order valence-corrected chi connectivity index (χ2v) is 6.57. The Morgan fingerprint density at radius 1 is 0.833 bits per heavy atom. The molecule has 2 rings (SSSR count). The molecule has 3 heteroatoms. The van der Waals surface area contributed by atoms with Crippen molar-refractivity contribution < 1.29 is 0 Å². The van der Waals surface area contributed by atoms with Crippen LogP contribution in [0.25, 0.3) is 0 Å². The van der Waals surface area contributed by atoms with Crippen LogP contribution < -0.4 is 10.6 Å². The Balaban J connectivity index is 2.18. The molecule has 0 spiro atoms. The summed E-state index contributed by atoms with van der Waals surface area (Å²) in [5.41, 5.74) is 0. The minimum absolute atomic E-state index is 0.346. The van der Waals surface area contributed by atoms with Crippen molar-refractivity contribution in [2.45, 2.75) is 12.7 Å². The average Bonchev–Trinajstić information content (AvgIpc) is 2.46. The lowest BCUT2D eigenvalue weighted by Crippen LogP contribution is -2.15. The van der Waals surface area contributed by atoms with Crippen LogP contribution in [0.4, 0.5) is 0 Å². The van der Waals surface area contributed by atoms with E-state index in [1.807, 2.05) is 0 Å². The van der Waals surface area contributed by atoms with E-state index in [0.29, 0.717) is 0 Å². The average molecular weight is 274 g/mol. The van der Waals surface area contributed by atoms with E-state index in [9.17, 15) is 0 Å². The topological polar surface area (TPSA) is 0 Å². The van der Waals surface area contributed by atoms with Crippen molar-refractivity contribution in [3.8, 4) is 0 Å². The van der Waals surface area contributed by atoms with Gasteiger partial charge in [0.05, 0.1) is 0 Å². The fourth-order valence-electron chi connectivity index (χ4n) is 1.83. The standard InChI is InChI=1S/C15H16BClP/c17-13-7-12-16-18(14-8-3-1-4-9-14)15-10-5-2-6-11-15/h1-6,8-11H,7,12-13H2. The van der Waals surface area contributed by atoms with Gasteiger partial charge in [-0.2, -0.15) is 0 Å². The van der Waals surface area contributed by atoms with Crippen LogP contribution in [0.3, 0.4) is 0 Å². The van der Waals surface area contributed by atoms with Crippen LogP contribution in [0.2, 0.25) is 6.32 Å². The van der Waals surface area contributed by atoms with E-state index in [0.717, 1.165) is 18.6 Å². The van der Waals surface area contributed by atoms with Gasteiger partial charge in [0.2, 0.25) is 0 Å². The first-order chi connectivity index (χ1) is 8.92. The van der Waals surface area contributed by atoms with Gasteiger partial charge < -0.3 is 0 Å².